The zero-order valence-corrected chi connectivity index (χ0v) is 11.4. The Hall–Kier alpha value is -1.88. The van der Waals surface area contributed by atoms with E-state index in [4.69, 9.17) is 5.73 Å². The van der Waals surface area contributed by atoms with Crippen molar-refractivity contribution >= 4 is 17.5 Å². The molecule has 104 valence electrons. The average molecular weight is 263 g/mol. The van der Waals surface area contributed by atoms with Crippen LogP contribution in [-0.2, 0) is 16.0 Å². The highest BCUT2D eigenvalue weighted by Gasteiger charge is 2.12. The second kappa shape index (κ2) is 7.53. The Balaban J connectivity index is 2.57. The van der Waals surface area contributed by atoms with Gasteiger partial charge in [0.2, 0.25) is 11.8 Å². The van der Waals surface area contributed by atoms with Gasteiger partial charge in [0.25, 0.3) is 0 Å². The SMILES string of the molecule is CCC[C@@H](N)C(=O)Nc1ccc(CC(=O)NC)cc1. The minimum absolute atomic E-state index is 0.0400. The van der Waals surface area contributed by atoms with Crippen LogP contribution >= 0.6 is 0 Å². The van der Waals surface area contributed by atoms with Crippen molar-refractivity contribution in [3.63, 3.8) is 0 Å². The molecule has 0 heterocycles. The van der Waals surface area contributed by atoms with Crippen LogP contribution in [0.2, 0.25) is 0 Å². The van der Waals surface area contributed by atoms with Crippen molar-refractivity contribution in [3.8, 4) is 0 Å². The number of likely N-dealkylation sites (N-methyl/N-ethyl adjacent to an activating group) is 1. The lowest BCUT2D eigenvalue weighted by molar-refractivity contribution is -0.120. The lowest BCUT2D eigenvalue weighted by Gasteiger charge is -2.11. The molecule has 5 heteroatoms. The van der Waals surface area contributed by atoms with Crippen molar-refractivity contribution in [1.29, 1.82) is 0 Å². The summed E-state index contributed by atoms with van der Waals surface area (Å²) in [7, 11) is 1.60. The first-order valence-corrected chi connectivity index (χ1v) is 6.42. The van der Waals surface area contributed by atoms with Gasteiger partial charge in [0.15, 0.2) is 0 Å². The molecule has 0 saturated heterocycles. The van der Waals surface area contributed by atoms with Crippen LogP contribution in [0.1, 0.15) is 25.3 Å². The molecule has 19 heavy (non-hydrogen) atoms. The molecule has 0 aromatic heterocycles. The Morgan fingerprint density at radius 1 is 1.26 bits per heavy atom. The first-order chi connectivity index (χ1) is 9.06. The molecule has 0 saturated carbocycles. The maximum atomic E-state index is 11.7. The molecule has 0 spiro atoms. The van der Waals surface area contributed by atoms with E-state index in [0.717, 1.165) is 12.0 Å². The van der Waals surface area contributed by atoms with Gasteiger partial charge < -0.3 is 16.4 Å². The van der Waals surface area contributed by atoms with E-state index < -0.39 is 6.04 Å². The largest absolute Gasteiger partial charge is 0.359 e. The van der Waals surface area contributed by atoms with Crippen molar-refractivity contribution in [2.45, 2.75) is 32.2 Å². The van der Waals surface area contributed by atoms with Gasteiger partial charge in [0.05, 0.1) is 12.5 Å². The molecule has 0 radical (unpaired) electrons. The van der Waals surface area contributed by atoms with Gasteiger partial charge in [0.1, 0.15) is 0 Å². The van der Waals surface area contributed by atoms with Gasteiger partial charge in [-0.25, -0.2) is 0 Å². The Labute approximate surface area is 113 Å². The fourth-order valence-electron chi connectivity index (χ4n) is 1.66. The van der Waals surface area contributed by atoms with Crippen LogP contribution in [0.15, 0.2) is 24.3 Å². The van der Waals surface area contributed by atoms with Crippen LogP contribution in [0.3, 0.4) is 0 Å². The molecular formula is C14H21N3O2. The van der Waals surface area contributed by atoms with E-state index >= 15 is 0 Å². The lowest BCUT2D eigenvalue weighted by atomic mass is 10.1. The van der Waals surface area contributed by atoms with Crippen LogP contribution in [0.5, 0.6) is 0 Å². The van der Waals surface area contributed by atoms with Crippen molar-refractivity contribution in [2.24, 2.45) is 5.73 Å². The van der Waals surface area contributed by atoms with Crippen molar-refractivity contribution in [3.05, 3.63) is 29.8 Å². The number of nitrogens with two attached hydrogens (primary N) is 1. The summed E-state index contributed by atoms with van der Waals surface area (Å²) in [5.41, 5.74) is 7.31. The van der Waals surface area contributed by atoms with Crippen LogP contribution in [0, 0.1) is 0 Å². The maximum Gasteiger partial charge on any atom is 0.241 e. The van der Waals surface area contributed by atoms with Crippen molar-refractivity contribution < 1.29 is 9.59 Å². The maximum absolute atomic E-state index is 11.7. The highest BCUT2D eigenvalue weighted by atomic mass is 16.2. The summed E-state index contributed by atoms with van der Waals surface area (Å²) in [6, 6.07) is 6.70. The van der Waals surface area contributed by atoms with Gasteiger partial charge in [-0.05, 0) is 24.1 Å². The minimum atomic E-state index is -0.476. The number of carbonyl (C=O) groups is 2. The Kier molecular flexibility index (Phi) is 6.02. The second-order valence-electron chi connectivity index (χ2n) is 4.43. The molecule has 0 unspecified atom stereocenters. The fraction of sp³-hybridized carbons (Fsp3) is 0.429. The van der Waals surface area contributed by atoms with Crippen molar-refractivity contribution in [1.82, 2.24) is 5.32 Å². The third kappa shape index (κ3) is 5.09. The number of rotatable bonds is 6. The zero-order valence-electron chi connectivity index (χ0n) is 11.4. The van der Waals surface area contributed by atoms with Crippen LogP contribution in [0.25, 0.3) is 0 Å². The number of hydrogen-bond acceptors (Lipinski definition) is 3. The van der Waals surface area contributed by atoms with E-state index in [-0.39, 0.29) is 11.8 Å². The highest BCUT2D eigenvalue weighted by Crippen LogP contribution is 2.11. The number of anilines is 1. The topological polar surface area (TPSA) is 84.2 Å². The third-order valence-electron chi connectivity index (χ3n) is 2.80. The van der Waals surface area contributed by atoms with Gasteiger partial charge in [0, 0.05) is 12.7 Å². The van der Waals surface area contributed by atoms with E-state index in [1.165, 1.54) is 0 Å². The molecule has 0 fully saturated rings. The molecule has 0 aliphatic carbocycles. The molecule has 0 bridgehead atoms. The fourth-order valence-corrected chi connectivity index (χ4v) is 1.66. The summed E-state index contributed by atoms with van der Waals surface area (Å²) in [6.45, 7) is 1.99. The average Bonchev–Trinajstić information content (AvgIpc) is 2.41. The summed E-state index contributed by atoms with van der Waals surface area (Å²) in [6.07, 6.45) is 1.88. The molecule has 4 N–H and O–H groups in total. The van der Waals surface area contributed by atoms with Crippen LogP contribution in [-0.4, -0.2) is 24.9 Å². The van der Waals surface area contributed by atoms with E-state index in [9.17, 15) is 9.59 Å². The van der Waals surface area contributed by atoms with Gasteiger partial charge in [-0.2, -0.15) is 0 Å². The molecule has 1 aromatic carbocycles. The smallest absolute Gasteiger partial charge is 0.241 e. The Bertz CT molecular complexity index is 429. The van der Waals surface area contributed by atoms with Crippen molar-refractivity contribution in [2.75, 3.05) is 12.4 Å². The van der Waals surface area contributed by atoms with Gasteiger partial charge in [-0.15, -0.1) is 0 Å². The summed E-state index contributed by atoms with van der Waals surface area (Å²) in [5.74, 6) is -0.220. The van der Waals surface area contributed by atoms with Gasteiger partial charge >= 0.3 is 0 Å². The number of nitrogens with one attached hydrogen (secondary N) is 2. The Morgan fingerprint density at radius 2 is 1.89 bits per heavy atom. The van der Waals surface area contributed by atoms with Crippen LogP contribution in [0.4, 0.5) is 5.69 Å². The van der Waals surface area contributed by atoms with E-state index in [1.54, 1.807) is 19.2 Å². The predicted molar refractivity (Wildman–Crippen MR) is 75.7 cm³/mol. The third-order valence-corrected chi connectivity index (χ3v) is 2.80. The quantitative estimate of drug-likeness (QED) is 0.717. The number of hydrogen-bond donors (Lipinski definition) is 3. The monoisotopic (exact) mass is 263 g/mol. The number of benzene rings is 1. The summed E-state index contributed by atoms with van der Waals surface area (Å²) < 4.78 is 0. The summed E-state index contributed by atoms with van der Waals surface area (Å²) in [4.78, 5) is 22.9. The Morgan fingerprint density at radius 3 is 2.42 bits per heavy atom. The number of amides is 2. The molecule has 1 rings (SSSR count). The van der Waals surface area contributed by atoms with E-state index in [2.05, 4.69) is 10.6 Å². The highest BCUT2D eigenvalue weighted by molar-refractivity contribution is 5.94. The summed E-state index contributed by atoms with van der Waals surface area (Å²) in [5, 5.41) is 5.32. The number of carbonyl (C=O) groups excluding carboxylic acids is 2. The van der Waals surface area contributed by atoms with E-state index in [1.807, 2.05) is 19.1 Å². The first-order valence-electron chi connectivity index (χ1n) is 6.42. The van der Waals surface area contributed by atoms with E-state index in [0.29, 0.717) is 18.5 Å². The lowest BCUT2D eigenvalue weighted by Crippen LogP contribution is -2.35. The second-order valence-corrected chi connectivity index (χ2v) is 4.43. The first kappa shape index (κ1) is 15.2. The molecule has 1 atom stereocenters. The normalized spacial score (nSPS) is 11.7. The van der Waals surface area contributed by atoms with Crippen LogP contribution < -0.4 is 16.4 Å². The van der Waals surface area contributed by atoms with Gasteiger partial charge in [-0.3, -0.25) is 9.59 Å². The molecule has 2 amide bonds. The minimum Gasteiger partial charge on any atom is -0.359 e. The molecule has 1 aromatic rings. The molecular weight excluding hydrogens is 242 g/mol. The zero-order chi connectivity index (χ0) is 14.3. The molecule has 5 nitrogen and oxygen atoms in total. The molecule has 0 aliphatic heterocycles. The predicted octanol–water partition coefficient (Wildman–Crippen LogP) is 1.04. The molecule has 0 aliphatic rings. The summed E-state index contributed by atoms with van der Waals surface area (Å²) >= 11 is 0. The standard InChI is InChI=1S/C14H21N3O2/c1-3-4-12(15)14(19)17-11-7-5-10(6-8-11)9-13(18)16-2/h5-8,12H,3-4,9,15H2,1-2H3,(H,16,18)(H,17,19)/t12-/m1/s1. The van der Waals surface area contributed by atoms with Gasteiger partial charge in [-0.1, -0.05) is 25.5 Å².